The van der Waals surface area contributed by atoms with Crippen molar-refractivity contribution in [3.8, 4) is 0 Å². The van der Waals surface area contributed by atoms with Crippen molar-refractivity contribution in [2.24, 2.45) is 0 Å². The lowest BCUT2D eigenvalue weighted by atomic mass is 10.2. The molecular weight excluding hydrogens is 302 g/mol. The Morgan fingerprint density at radius 1 is 1.10 bits per heavy atom. The molecule has 1 aromatic carbocycles. The first-order valence-corrected chi connectivity index (χ1v) is 8.17. The first-order chi connectivity index (χ1) is 9.57. The molecule has 0 radical (unpaired) electrons. The van der Waals surface area contributed by atoms with Crippen LogP contribution in [-0.4, -0.2) is 53.2 Å². The predicted octanol–water partition coefficient (Wildman–Crippen LogP) is 1.71. The third-order valence-corrected chi connectivity index (χ3v) is 5.11. The maximum absolute atomic E-state index is 12.7. The number of rotatable bonds is 9. The average Bonchev–Trinajstić information content (AvgIpc) is 2.47. The first kappa shape index (κ1) is 17.4. The van der Waals surface area contributed by atoms with Crippen LogP contribution in [0.4, 0.5) is 0 Å². The van der Waals surface area contributed by atoms with Crippen LogP contribution in [0.15, 0.2) is 29.2 Å². The Labute approximate surface area is 125 Å². The van der Waals surface area contributed by atoms with Crippen molar-refractivity contribution in [2.75, 3.05) is 40.5 Å². The van der Waals surface area contributed by atoms with Crippen LogP contribution in [0.2, 0.25) is 0 Å². The topological polar surface area (TPSA) is 55.8 Å². The molecule has 0 aliphatic carbocycles. The van der Waals surface area contributed by atoms with Gasteiger partial charge in [-0.05, 0) is 11.6 Å². The van der Waals surface area contributed by atoms with E-state index in [9.17, 15) is 8.42 Å². The Kier molecular flexibility index (Phi) is 7.47. The molecule has 7 heteroatoms. The summed E-state index contributed by atoms with van der Waals surface area (Å²) < 4.78 is 36.6. The van der Waals surface area contributed by atoms with E-state index in [0.717, 1.165) is 0 Å². The van der Waals surface area contributed by atoms with E-state index in [4.69, 9.17) is 21.1 Å². The molecule has 0 spiro atoms. The average molecular weight is 322 g/mol. The van der Waals surface area contributed by atoms with Crippen molar-refractivity contribution in [2.45, 2.75) is 10.8 Å². The summed E-state index contributed by atoms with van der Waals surface area (Å²) >= 11 is 5.82. The molecule has 0 saturated carbocycles. The Morgan fingerprint density at radius 2 is 1.65 bits per heavy atom. The second kappa shape index (κ2) is 8.59. The van der Waals surface area contributed by atoms with E-state index < -0.39 is 10.0 Å². The summed E-state index contributed by atoms with van der Waals surface area (Å²) in [5.41, 5.74) is 0.592. The summed E-state index contributed by atoms with van der Waals surface area (Å²) in [5, 5.41) is 0. The lowest BCUT2D eigenvalue weighted by Gasteiger charge is -2.22. The minimum absolute atomic E-state index is 0.151. The third-order valence-electron chi connectivity index (χ3n) is 2.82. The molecule has 114 valence electrons. The number of hydrogen-bond donors (Lipinski definition) is 0. The van der Waals surface area contributed by atoms with E-state index >= 15 is 0 Å². The SMILES string of the molecule is COCCN(CCOC)S(=O)(=O)c1ccccc1CCl. The zero-order valence-electron chi connectivity index (χ0n) is 11.7. The van der Waals surface area contributed by atoms with Gasteiger partial charge >= 0.3 is 0 Å². The molecule has 0 unspecified atom stereocenters. The van der Waals surface area contributed by atoms with Gasteiger partial charge in [-0.3, -0.25) is 0 Å². The van der Waals surface area contributed by atoms with Gasteiger partial charge in [0.05, 0.1) is 18.1 Å². The molecule has 0 aliphatic rings. The summed E-state index contributed by atoms with van der Waals surface area (Å²) in [7, 11) is -0.528. The van der Waals surface area contributed by atoms with Crippen molar-refractivity contribution in [1.29, 1.82) is 0 Å². The molecular formula is C13H20ClNO4S. The molecule has 0 bridgehead atoms. The molecule has 20 heavy (non-hydrogen) atoms. The molecule has 0 aliphatic heterocycles. The molecule has 0 atom stereocenters. The zero-order chi connectivity index (χ0) is 15.0. The molecule has 0 saturated heterocycles. The lowest BCUT2D eigenvalue weighted by molar-refractivity contribution is 0.150. The van der Waals surface area contributed by atoms with E-state index in [1.807, 2.05) is 0 Å². The highest BCUT2D eigenvalue weighted by molar-refractivity contribution is 7.89. The standard InChI is InChI=1S/C13H20ClNO4S/c1-18-9-7-15(8-10-19-2)20(16,17)13-6-4-3-5-12(13)11-14/h3-6H,7-11H2,1-2H3. The Hall–Kier alpha value is -0.660. The number of sulfonamides is 1. The van der Waals surface area contributed by atoms with Gasteiger partial charge in [0.15, 0.2) is 0 Å². The van der Waals surface area contributed by atoms with Gasteiger partial charge in [0.1, 0.15) is 0 Å². The van der Waals surface area contributed by atoms with Gasteiger partial charge in [-0.1, -0.05) is 18.2 Å². The maximum Gasteiger partial charge on any atom is 0.243 e. The van der Waals surface area contributed by atoms with Crippen molar-refractivity contribution < 1.29 is 17.9 Å². The van der Waals surface area contributed by atoms with Crippen molar-refractivity contribution in [3.05, 3.63) is 29.8 Å². The van der Waals surface area contributed by atoms with Gasteiger partial charge in [0.25, 0.3) is 0 Å². The van der Waals surface area contributed by atoms with E-state index in [1.54, 1.807) is 24.3 Å². The third kappa shape index (κ3) is 4.43. The second-order valence-corrected chi connectivity index (χ2v) is 6.30. The Morgan fingerprint density at radius 3 is 2.15 bits per heavy atom. The number of ether oxygens (including phenoxy) is 2. The molecule has 0 heterocycles. The summed E-state index contributed by atoms with van der Waals surface area (Å²) in [6.07, 6.45) is 0. The normalized spacial score (nSPS) is 12.0. The van der Waals surface area contributed by atoms with Gasteiger partial charge < -0.3 is 9.47 Å². The molecule has 1 aromatic rings. The van der Waals surface area contributed by atoms with Crippen molar-refractivity contribution >= 4 is 21.6 Å². The fourth-order valence-electron chi connectivity index (χ4n) is 1.74. The first-order valence-electron chi connectivity index (χ1n) is 6.19. The van der Waals surface area contributed by atoms with E-state index in [0.29, 0.717) is 18.8 Å². The van der Waals surface area contributed by atoms with E-state index in [2.05, 4.69) is 0 Å². The highest BCUT2D eigenvalue weighted by Crippen LogP contribution is 2.21. The lowest BCUT2D eigenvalue weighted by Crippen LogP contribution is -2.36. The monoisotopic (exact) mass is 321 g/mol. The number of benzene rings is 1. The number of alkyl halides is 1. The van der Waals surface area contributed by atoms with Gasteiger partial charge in [-0.15, -0.1) is 11.6 Å². The van der Waals surface area contributed by atoms with Crippen molar-refractivity contribution in [3.63, 3.8) is 0 Å². The quantitative estimate of drug-likeness (QED) is 0.650. The van der Waals surface area contributed by atoms with Crippen molar-refractivity contribution in [1.82, 2.24) is 4.31 Å². The molecule has 5 nitrogen and oxygen atoms in total. The van der Waals surface area contributed by atoms with E-state index in [1.165, 1.54) is 18.5 Å². The van der Waals surface area contributed by atoms with Gasteiger partial charge in [-0.25, -0.2) is 8.42 Å². The van der Waals surface area contributed by atoms with Crippen LogP contribution in [-0.2, 0) is 25.4 Å². The summed E-state index contributed by atoms with van der Waals surface area (Å²) in [6.45, 7) is 1.20. The largest absolute Gasteiger partial charge is 0.383 e. The van der Waals surface area contributed by atoms with Gasteiger partial charge in [0, 0.05) is 33.2 Å². The molecule has 0 aromatic heterocycles. The summed E-state index contributed by atoms with van der Waals surface area (Å²) in [4.78, 5) is 0.238. The van der Waals surface area contributed by atoms with Crippen LogP contribution in [0.3, 0.4) is 0 Å². The smallest absolute Gasteiger partial charge is 0.243 e. The van der Waals surface area contributed by atoms with Crippen LogP contribution in [0.1, 0.15) is 5.56 Å². The molecule has 0 N–H and O–H groups in total. The minimum atomic E-state index is -3.60. The van der Waals surface area contributed by atoms with Gasteiger partial charge in [-0.2, -0.15) is 4.31 Å². The Bertz CT molecular complexity index is 499. The fraction of sp³-hybridized carbons (Fsp3) is 0.538. The fourth-order valence-corrected chi connectivity index (χ4v) is 3.69. The Balaban J connectivity index is 3.07. The zero-order valence-corrected chi connectivity index (χ0v) is 13.3. The number of nitrogens with zero attached hydrogens (tertiary/aromatic N) is 1. The molecule has 1 rings (SSSR count). The number of methoxy groups -OCH3 is 2. The summed E-state index contributed by atoms with van der Waals surface area (Å²) in [6, 6.07) is 6.74. The number of halogens is 1. The summed E-state index contributed by atoms with van der Waals surface area (Å²) in [5.74, 6) is 0.151. The van der Waals surface area contributed by atoms with Crippen LogP contribution < -0.4 is 0 Å². The highest BCUT2D eigenvalue weighted by Gasteiger charge is 2.26. The highest BCUT2D eigenvalue weighted by atomic mass is 35.5. The second-order valence-electron chi connectivity index (χ2n) is 4.13. The molecule has 0 fully saturated rings. The van der Waals surface area contributed by atoms with E-state index in [-0.39, 0.29) is 23.9 Å². The minimum Gasteiger partial charge on any atom is -0.383 e. The maximum atomic E-state index is 12.7. The number of hydrogen-bond acceptors (Lipinski definition) is 4. The molecule has 0 amide bonds. The van der Waals surface area contributed by atoms with Gasteiger partial charge in [0.2, 0.25) is 10.0 Å². The van der Waals surface area contributed by atoms with Crippen LogP contribution in [0, 0.1) is 0 Å². The van der Waals surface area contributed by atoms with Crippen LogP contribution >= 0.6 is 11.6 Å². The van der Waals surface area contributed by atoms with Crippen LogP contribution in [0.25, 0.3) is 0 Å². The van der Waals surface area contributed by atoms with Crippen LogP contribution in [0.5, 0.6) is 0 Å². The predicted molar refractivity (Wildman–Crippen MR) is 78.5 cm³/mol.